The number of hydrogen-bond donors (Lipinski definition) is 1. The molecule has 1 aliphatic heterocycles. The first-order chi connectivity index (χ1) is 9.17. The topological polar surface area (TPSA) is 43.4 Å². The molecule has 2 heterocycles. The zero-order chi connectivity index (χ0) is 15.0. The molecule has 2 rings (SSSR count). The van der Waals surface area contributed by atoms with Crippen LogP contribution in [0.1, 0.15) is 19.4 Å². The number of pyridine rings is 1. The zero-order valence-electron chi connectivity index (χ0n) is 10.9. The summed E-state index contributed by atoms with van der Waals surface area (Å²) in [6.07, 6.45) is -3.46. The van der Waals surface area contributed by atoms with Crippen LogP contribution in [0.3, 0.4) is 0 Å². The fourth-order valence-electron chi connectivity index (χ4n) is 1.87. The van der Waals surface area contributed by atoms with Crippen molar-refractivity contribution in [3.63, 3.8) is 0 Å². The van der Waals surface area contributed by atoms with Crippen molar-refractivity contribution in [3.05, 3.63) is 22.3 Å². The van der Waals surface area contributed by atoms with Gasteiger partial charge in [-0.3, -0.25) is 0 Å². The molecule has 112 valence electrons. The van der Waals surface area contributed by atoms with Gasteiger partial charge in [-0.1, -0.05) is 0 Å². The van der Waals surface area contributed by atoms with Crippen LogP contribution in [0, 0.1) is 0 Å². The predicted octanol–water partition coefficient (Wildman–Crippen LogP) is 3.43. The highest BCUT2D eigenvalue weighted by Crippen LogP contribution is 2.35. The van der Waals surface area contributed by atoms with E-state index in [2.05, 4.69) is 26.2 Å². The van der Waals surface area contributed by atoms with Crippen LogP contribution in [0.5, 0.6) is 0 Å². The van der Waals surface area contributed by atoms with Crippen LogP contribution in [0.4, 0.5) is 19.0 Å². The molecule has 0 saturated carbocycles. The van der Waals surface area contributed by atoms with E-state index in [1.54, 1.807) is 13.8 Å². The Balaban J connectivity index is 2.07. The third-order valence-corrected chi connectivity index (χ3v) is 3.16. The van der Waals surface area contributed by atoms with Crippen LogP contribution in [-0.4, -0.2) is 30.0 Å². The summed E-state index contributed by atoms with van der Waals surface area (Å²) in [6.45, 7) is 4.04. The molecular weight excluding hydrogens is 341 g/mol. The van der Waals surface area contributed by atoms with Crippen LogP contribution in [0.2, 0.25) is 0 Å². The highest BCUT2D eigenvalue weighted by atomic mass is 79.9. The molecule has 1 aliphatic rings. The average molecular weight is 355 g/mol. The Labute approximate surface area is 122 Å². The Hall–Kier alpha value is -0.860. The van der Waals surface area contributed by atoms with E-state index in [4.69, 9.17) is 9.47 Å². The highest BCUT2D eigenvalue weighted by molar-refractivity contribution is 9.10. The van der Waals surface area contributed by atoms with E-state index in [1.807, 2.05) is 0 Å². The first kappa shape index (κ1) is 15.5. The quantitative estimate of drug-likeness (QED) is 0.902. The predicted molar refractivity (Wildman–Crippen MR) is 70.3 cm³/mol. The number of aromatic nitrogens is 1. The molecule has 1 unspecified atom stereocenters. The van der Waals surface area contributed by atoms with E-state index < -0.39 is 17.5 Å². The first-order valence-corrected chi connectivity index (χ1v) is 6.75. The van der Waals surface area contributed by atoms with E-state index in [0.717, 1.165) is 6.07 Å². The second-order valence-corrected chi connectivity index (χ2v) is 5.79. The minimum absolute atomic E-state index is 0.196. The Bertz CT molecular complexity index is 494. The molecule has 1 fully saturated rings. The second kappa shape index (κ2) is 5.50. The van der Waals surface area contributed by atoms with Crippen molar-refractivity contribution in [2.24, 2.45) is 0 Å². The van der Waals surface area contributed by atoms with Crippen molar-refractivity contribution < 1.29 is 22.6 Å². The molecule has 0 radical (unpaired) electrons. The molecule has 8 heteroatoms. The van der Waals surface area contributed by atoms with Gasteiger partial charge in [-0.25, -0.2) is 4.98 Å². The van der Waals surface area contributed by atoms with E-state index in [9.17, 15) is 13.2 Å². The molecule has 1 N–H and O–H groups in total. The Morgan fingerprint density at radius 3 is 2.75 bits per heavy atom. The molecule has 4 nitrogen and oxygen atoms in total. The first-order valence-electron chi connectivity index (χ1n) is 5.96. The number of nitrogens with zero attached hydrogens (tertiary/aromatic N) is 1. The summed E-state index contributed by atoms with van der Waals surface area (Å²) in [7, 11) is 0. The lowest BCUT2D eigenvalue weighted by atomic mass is 10.2. The van der Waals surface area contributed by atoms with E-state index in [-0.39, 0.29) is 22.9 Å². The molecule has 1 atom stereocenters. The van der Waals surface area contributed by atoms with Gasteiger partial charge < -0.3 is 14.8 Å². The van der Waals surface area contributed by atoms with Gasteiger partial charge in [0.2, 0.25) is 0 Å². The Morgan fingerprint density at radius 2 is 2.20 bits per heavy atom. The van der Waals surface area contributed by atoms with Gasteiger partial charge in [-0.05, 0) is 35.8 Å². The molecular formula is C12H14BrF3N2O2. The summed E-state index contributed by atoms with van der Waals surface area (Å²) in [5, 5.41) is 2.67. The van der Waals surface area contributed by atoms with Crippen molar-refractivity contribution in [2.75, 3.05) is 18.5 Å². The lowest BCUT2D eigenvalue weighted by Crippen LogP contribution is -2.27. The SMILES string of the molecule is CC1(C)OCC(CNc2ncc(Br)cc2C(F)(F)F)O1. The minimum Gasteiger partial charge on any atom is -0.367 e. The number of halogens is 4. The number of hydrogen-bond acceptors (Lipinski definition) is 4. The van der Waals surface area contributed by atoms with Gasteiger partial charge in [-0.15, -0.1) is 0 Å². The average Bonchev–Trinajstić information content (AvgIpc) is 2.66. The lowest BCUT2D eigenvalue weighted by Gasteiger charge is -2.18. The van der Waals surface area contributed by atoms with Gasteiger partial charge in [0.1, 0.15) is 11.9 Å². The van der Waals surface area contributed by atoms with Gasteiger partial charge in [-0.2, -0.15) is 13.2 Å². The molecule has 1 aromatic rings. The van der Waals surface area contributed by atoms with Crippen LogP contribution < -0.4 is 5.32 Å². The summed E-state index contributed by atoms with van der Waals surface area (Å²) in [6, 6.07) is 0.991. The molecule has 0 aromatic carbocycles. The van der Waals surface area contributed by atoms with Crippen molar-refractivity contribution in [2.45, 2.75) is 31.9 Å². The Kier molecular flexibility index (Phi) is 4.27. The van der Waals surface area contributed by atoms with Crippen molar-refractivity contribution in [1.82, 2.24) is 4.98 Å². The molecule has 0 spiro atoms. The fraction of sp³-hybridized carbons (Fsp3) is 0.583. The molecule has 20 heavy (non-hydrogen) atoms. The molecule has 0 aliphatic carbocycles. The van der Waals surface area contributed by atoms with E-state index >= 15 is 0 Å². The van der Waals surface area contributed by atoms with Crippen LogP contribution >= 0.6 is 15.9 Å². The minimum atomic E-state index is -4.47. The number of alkyl halides is 3. The van der Waals surface area contributed by atoms with Gasteiger partial charge >= 0.3 is 6.18 Å². The number of anilines is 1. The van der Waals surface area contributed by atoms with Gasteiger partial charge in [0.15, 0.2) is 5.79 Å². The molecule has 0 bridgehead atoms. The normalized spacial score (nSPS) is 22.0. The van der Waals surface area contributed by atoms with Gasteiger partial charge in [0.05, 0.1) is 12.2 Å². The summed E-state index contributed by atoms with van der Waals surface area (Å²) in [5.74, 6) is -0.916. The lowest BCUT2D eigenvalue weighted by molar-refractivity contribution is -0.138. The third kappa shape index (κ3) is 3.83. The van der Waals surface area contributed by atoms with Crippen molar-refractivity contribution in [1.29, 1.82) is 0 Å². The number of rotatable bonds is 3. The van der Waals surface area contributed by atoms with Crippen molar-refractivity contribution >= 4 is 21.7 Å². The monoisotopic (exact) mass is 354 g/mol. The summed E-state index contributed by atoms with van der Waals surface area (Å²) in [5.41, 5.74) is -0.815. The maximum absolute atomic E-state index is 12.9. The molecule has 0 amide bonds. The summed E-state index contributed by atoms with van der Waals surface area (Å²) < 4.78 is 49.8. The molecule has 1 saturated heterocycles. The second-order valence-electron chi connectivity index (χ2n) is 4.88. The molecule has 1 aromatic heterocycles. The van der Waals surface area contributed by atoms with E-state index in [0.29, 0.717) is 6.61 Å². The number of ether oxygens (including phenoxy) is 2. The summed E-state index contributed by atoms with van der Waals surface area (Å²) >= 11 is 2.99. The highest BCUT2D eigenvalue weighted by Gasteiger charge is 2.36. The van der Waals surface area contributed by atoms with Crippen LogP contribution in [0.25, 0.3) is 0 Å². The van der Waals surface area contributed by atoms with Crippen LogP contribution in [0.15, 0.2) is 16.7 Å². The maximum atomic E-state index is 12.9. The Morgan fingerprint density at radius 1 is 1.50 bits per heavy atom. The van der Waals surface area contributed by atoms with Crippen molar-refractivity contribution in [3.8, 4) is 0 Å². The van der Waals surface area contributed by atoms with Gasteiger partial charge in [0, 0.05) is 17.2 Å². The standard InChI is InChI=1S/C12H14BrF3N2O2/c1-11(2)19-6-8(20-11)5-18-10-9(12(14,15)16)3-7(13)4-17-10/h3-4,8H,5-6H2,1-2H3,(H,17,18). The summed E-state index contributed by atoms with van der Waals surface area (Å²) in [4.78, 5) is 3.77. The third-order valence-electron chi connectivity index (χ3n) is 2.72. The number of nitrogens with one attached hydrogen (secondary N) is 1. The maximum Gasteiger partial charge on any atom is 0.419 e. The van der Waals surface area contributed by atoms with E-state index in [1.165, 1.54) is 6.20 Å². The largest absolute Gasteiger partial charge is 0.419 e. The van der Waals surface area contributed by atoms with Crippen LogP contribution in [-0.2, 0) is 15.7 Å². The smallest absolute Gasteiger partial charge is 0.367 e. The fourth-order valence-corrected chi connectivity index (χ4v) is 2.20. The van der Waals surface area contributed by atoms with Gasteiger partial charge in [0.25, 0.3) is 0 Å². The zero-order valence-corrected chi connectivity index (χ0v) is 12.5.